The molecule has 0 radical (unpaired) electrons. The molecule has 2 fully saturated rings. The maximum absolute atomic E-state index is 14.3. The summed E-state index contributed by atoms with van der Waals surface area (Å²) in [7, 11) is 0. The average Bonchev–Trinajstić information content (AvgIpc) is 4.19. The molecule has 1 unspecified atom stereocenters. The van der Waals surface area contributed by atoms with Crippen LogP contribution in [0.4, 0.5) is 0 Å². The molecule has 20 heteroatoms. The fourth-order valence-corrected chi connectivity index (χ4v) is 11.9. The zero-order valence-corrected chi connectivity index (χ0v) is 43.3. The molecule has 2 aromatic carbocycles. The molecular formula is C52H55ClN12O5S2. The SMILES string of the molecule is Cc1ncsc1-c1ccc([C@H](C)NC(=O)[C@@H]2C[C@@H](O)CN2C(=O)C(C(C)C)n2cc(-c3cnc(O[C@H]4C[C@H](NC(=O)C[C@@H]5N=C(c6ccc(Cl)cc6)c6c(sc(C)c6C)-n6c(C)nnc65)C4)cn3)cn2)cc1. The number of carbonyl (C=O) groups is 3. The first-order chi connectivity index (χ1) is 34.6. The zero-order chi connectivity index (χ0) is 50.5. The fraction of sp³-hybridized carbons (Fsp3) is 0.385. The van der Waals surface area contributed by atoms with Crippen molar-refractivity contribution in [2.45, 2.75) is 117 Å². The Bertz CT molecular complexity index is 3180. The van der Waals surface area contributed by atoms with Crippen molar-refractivity contribution < 1.29 is 24.2 Å². The van der Waals surface area contributed by atoms with E-state index in [1.807, 2.05) is 93.2 Å². The van der Waals surface area contributed by atoms with Gasteiger partial charge in [-0.15, -0.1) is 32.9 Å². The van der Waals surface area contributed by atoms with Crippen LogP contribution in [0.5, 0.6) is 5.88 Å². The minimum Gasteiger partial charge on any atom is -0.473 e. The highest BCUT2D eigenvalue weighted by molar-refractivity contribution is 7.15. The summed E-state index contributed by atoms with van der Waals surface area (Å²) in [5, 5.41) is 32.1. The molecule has 10 rings (SSSR count). The van der Waals surface area contributed by atoms with Crippen molar-refractivity contribution in [3.05, 3.63) is 128 Å². The number of benzene rings is 2. The number of aliphatic imine (C=N–C) groups is 1. The normalized spacial score (nSPS) is 20.2. The summed E-state index contributed by atoms with van der Waals surface area (Å²) in [5.74, 6) is 0.725. The lowest BCUT2D eigenvalue weighted by Crippen LogP contribution is -2.49. The number of thiazole rings is 1. The molecule has 372 valence electrons. The third-order valence-electron chi connectivity index (χ3n) is 13.8. The molecule has 72 heavy (non-hydrogen) atoms. The van der Waals surface area contributed by atoms with Crippen LogP contribution in [0.15, 0.2) is 83.8 Å². The van der Waals surface area contributed by atoms with E-state index in [-0.39, 0.29) is 61.2 Å². The fourth-order valence-electron chi connectivity index (χ4n) is 9.77. The predicted molar refractivity (Wildman–Crippen MR) is 276 cm³/mol. The number of nitrogens with one attached hydrogen (secondary N) is 2. The van der Waals surface area contributed by atoms with Gasteiger partial charge in [-0.05, 0) is 69.4 Å². The van der Waals surface area contributed by atoms with E-state index in [0.717, 1.165) is 54.9 Å². The number of carbonyl (C=O) groups excluding carboxylic acids is 3. The van der Waals surface area contributed by atoms with Crippen LogP contribution in [0, 0.1) is 33.6 Å². The summed E-state index contributed by atoms with van der Waals surface area (Å²) in [6.45, 7) is 13.9. The highest BCUT2D eigenvalue weighted by atomic mass is 35.5. The second-order valence-corrected chi connectivity index (χ2v) is 21.7. The number of aliphatic hydroxyl groups excluding tert-OH is 1. The zero-order valence-electron chi connectivity index (χ0n) is 40.9. The largest absolute Gasteiger partial charge is 0.473 e. The summed E-state index contributed by atoms with van der Waals surface area (Å²) in [6, 6.07) is 13.0. The first-order valence-electron chi connectivity index (χ1n) is 24.1. The Balaban J connectivity index is 0.743. The van der Waals surface area contributed by atoms with Crippen LogP contribution in [-0.4, -0.2) is 104 Å². The van der Waals surface area contributed by atoms with Crippen molar-refractivity contribution in [2.75, 3.05) is 6.54 Å². The maximum Gasteiger partial charge on any atom is 0.248 e. The average molecular weight is 1030 g/mol. The van der Waals surface area contributed by atoms with Gasteiger partial charge >= 0.3 is 0 Å². The van der Waals surface area contributed by atoms with E-state index in [2.05, 4.69) is 54.7 Å². The molecule has 1 saturated carbocycles. The Hall–Kier alpha value is -6.67. The Kier molecular flexibility index (Phi) is 13.7. The maximum atomic E-state index is 14.3. The minimum atomic E-state index is -0.848. The van der Waals surface area contributed by atoms with Gasteiger partial charge in [-0.25, -0.2) is 15.0 Å². The number of rotatable bonds is 14. The molecule has 0 spiro atoms. The van der Waals surface area contributed by atoms with Gasteiger partial charge in [0.25, 0.3) is 0 Å². The molecule has 7 heterocycles. The van der Waals surface area contributed by atoms with E-state index in [1.165, 1.54) is 9.78 Å². The molecule has 5 atom stereocenters. The first kappa shape index (κ1) is 48.9. The molecule has 7 aromatic rings. The molecule has 2 aliphatic heterocycles. The molecule has 1 aliphatic carbocycles. The van der Waals surface area contributed by atoms with Gasteiger partial charge in [0, 0.05) is 64.6 Å². The number of aryl methyl sites for hydroxylation is 3. The van der Waals surface area contributed by atoms with Gasteiger partial charge in [0.1, 0.15) is 35.1 Å². The van der Waals surface area contributed by atoms with E-state index >= 15 is 0 Å². The van der Waals surface area contributed by atoms with Gasteiger partial charge in [0.15, 0.2) is 5.82 Å². The van der Waals surface area contributed by atoms with E-state index in [0.29, 0.717) is 40.8 Å². The van der Waals surface area contributed by atoms with Gasteiger partial charge in [0.2, 0.25) is 23.6 Å². The number of β-amino-alcohol motifs (C(OH)–C–C–N with tert-alkyl or cyclic N) is 1. The third kappa shape index (κ3) is 9.69. The van der Waals surface area contributed by atoms with Crippen molar-refractivity contribution in [3.8, 4) is 32.6 Å². The number of fused-ring (bicyclic) bond motifs is 3. The Morgan fingerprint density at radius 1 is 0.903 bits per heavy atom. The smallest absolute Gasteiger partial charge is 0.248 e. The number of aromatic nitrogens is 8. The number of halogens is 1. The third-order valence-corrected chi connectivity index (χ3v) is 16.2. The summed E-state index contributed by atoms with van der Waals surface area (Å²) >= 11 is 9.52. The molecule has 3 N–H and O–H groups in total. The summed E-state index contributed by atoms with van der Waals surface area (Å²) < 4.78 is 9.79. The van der Waals surface area contributed by atoms with Gasteiger partial charge in [0.05, 0.1) is 64.6 Å². The number of ether oxygens (including phenoxy) is 1. The quantitative estimate of drug-likeness (QED) is 0.0950. The van der Waals surface area contributed by atoms with Crippen LogP contribution in [-0.2, 0) is 14.4 Å². The van der Waals surface area contributed by atoms with Crippen molar-refractivity contribution in [3.63, 3.8) is 0 Å². The minimum absolute atomic E-state index is 0.0374. The standard InChI is InChI=1S/C52H55ClN12O5S2/c1-26(2)47(51(69)63-24-38(66)18-42(63)50(68)58-28(4)32-8-10-34(11-9-32)48-29(5)56-25-71-48)64-23-35(20-57-64)41-21-55-44(22-54-41)70-39-16-37(17-39)59-43(67)19-40-49-62-61-31(7)65(49)52-45(27(3)30(6)72-52)46(60-40)33-12-14-36(53)15-13-33/h8-15,20-23,25-26,28,37-40,42,47,66H,16-19,24H2,1-7H3,(H,58,68)(H,59,67)/t28-,37-,38+,39-,40-,42-,47?/m0/s1. The lowest BCUT2D eigenvalue weighted by atomic mass is 9.89. The topological polar surface area (TPSA) is 208 Å². The van der Waals surface area contributed by atoms with Crippen LogP contribution in [0.2, 0.25) is 5.02 Å². The number of hydrogen-bond donors (Lipinski definition) is 3. The van der Waals surface area contributed by atoms with Crippen LogP contribution < -0.4 is 15.4 Å². The number of nitrogens with zero attached hydrogens (tertiary/aromatic N) is 10. The summed E-state index contributed by atoms with van der Waals surface area (Å²) in [4.78, 5) is 64.3. The van der Waals surface area contributed by atoms with Crippen LogP contribution in [0.25, 0.3) is 26.7 Å². The summed E-state index contributed by atoms with van der Waals surface area (Å²) in [6.07, 6.45) is 6.93. The molecule has 0 bridgehead atoms. The van der Waals surface area contributed by atoms with Crippen molar-refractivity contribution in [1.82, 2.24) is 55.0 Å². The number of thiophene rings is 1. The summed E-state index contributed by atoms with van der Waals surface area (Å²) in [5.41, 5.74) is 9.79. The Morgan fingerprint density at radius 2 is 1.65 bits per heavy atom. The van der Waals surface area contributed by atoms with Crippen molar-refractivity contribution >= 4 is 57.7 Å². The Labute approximate surface area is 429 Å². The highest BCUT2D eigenvalue weighted by Gasteiger charge is 2.43. The van der Waals surface area contributed by atoms with Crippen molar-refractivity contribution in [2.24, 2.45) is 10.9 Å². The molecule has 3 amide bonds. The van der Waals surface area contributed by atoms with Gasteiger partial charge < -0.3 is 25.4 Å². The first-order valence-corrected chi connectivity index (χ1v) is 26.2. The van der Waals surface area contributed by atoms with Crippen LogP contribution in [0.3, 0.4) is 0 Å². The predicted octanol–water partition coefficient (Wildman–Crippen LogP) is 8.04. The van der Waals surface area contributed by atoms with Gasteiger partial charge in [-0.3, -0.25) is 28.6 Å². The lowest BCUT2D eigenvalue weighted by Gasteiger charge is -2.35. The van der Waals surface area contributed by atoms with E-state index in [1.54, 1.807) is 52.1 Å². The molecule has 5 aromatic heterocycles. The van der Waals surface area contributed by atoms with Crippen LogP contribution >= 0.6 is 34.3 Å². The number of likely N-dealkylation sites (tertiary alicyclic amines) is 1. The highest BCUT2D eigenvalue weighted by Crippen LogP contribution is 2.40. The number of hydrogen-bond acceptors (Lipinski definition) is 14. The second-order valence-electron chi connectivity index (χ2n) is 19.2. The second kappa shape index (κ2) is 20.1. The molecule has 17 nitrogen and oxygen atoms in total. The van der Waals surface area contributed by atoms with Crippen molar-refractivity contribution in [1.29, 1.82) is 0 Å². The number of aliphatic hydroxyl groups is 1. The van der Waals surface area contributed by atoms with E-state index in [4.69, 9.17) is 21.3 Å². The van der Waals surface area contributed by atoms with E-state index in [9.17, 15) is 19.5 Å². The Morgan fingerprint density at radius 3 is 2.35 bits per heavy atom. The molecule has 3 aliphatic rings. The van der Waals surface area contributed by atoms with Gasteiger partial charge in [-0.1, -0.05) is 61.8 Å². The van der Waals surface area contributed by atoms with E-state index < -0.39 is 24.2 Å². The molecule has 1 saturated heterocycles. The lowest BCUT2D eigenvalue weighted by molar-refractivity contribution is -0.142. The number of amides is 3. The monoisotopic (exact) mass is 1030 g/mol. The van der Waals surface area contributed by atoms with Crippen LogP contribution in [0.1, 0.15) is 109 Å². The van der Waals surface area contributed by atoms with Gasteiger partial charge in [-0.2, -0.15) is 5.10 Å². The molecular weight excluding hydrogens is 972 g/mol.